The third-order valence-electron chi connectivity index (χ3n) is 2.05. The van der Waals surface area contributed by atoms with Crippen LogP contribution < -0.4 is 5.73 Å². The summed E-state index contributed by atoms with van der Waals surface area (Å²) < 4.78 is 1.04. The van der Waals surface area contributed by atoms with Crippen molar-refractivity contribution < 1.29 is 0 Å². The van der Waals surface area contributed by atoms with Crippen molar-refractivity contribution in [1.82, 2.24) is 9.97 Å². The number of aromatic nitrogens is 2. The van der Waals surface area contributed by atoms with E-state index in [2.05, 4.69) is 25.9 Å². The maximum absolute atomic E-state index is 5.43. The first kappa shape index (κ1) is 13.1. The molecule has 0 aliphatic heterocycles. The van der Waals surface area contributed by atoms with E-state index in [0.717, 1.165) is 15.6 Å². The second-order valence-electron chi connectivity index (χ2n) is 3.10. The summed E-state index contributed by atoms with van der Waals surface area (Å²) in [5.41, 5.74) is 7.51. The molecule has 0 saturated carbocycles. The highest BCUT2D eigenvalue weighted by Crippen LogP contribution is 2.21. The van der Waals surface area contributed by atoms with E-state index >= 15 is 0 Å². The summed E-state index contributed by atoms with van der Waals surface area (Å²) in [4.78, 5) is 8.30. The zero-order valence-electron chi connectivity index (χ0n) is 8.43. The van der Waals surface area contributed by atoms with Gasteiger partial charge in [0.1, 0.15) is 5.82 Å². The van der Waals surface area contributed by atoms with Gasteiger partial charge in [-0.3, -0.25) is 0 Å². The lowest BCUT2D eigenvalue weighted by Gasteiger charge is -2.02. The Kier molecular flexibility index (Phi) is 4.86. The molecule has 0 bridgehead atoms. The van der Waals surface area contributed by atoms with Gasteiger partial charge >= 0.3 is 0 Å². The van der Waals surface area contributed by atoms with Crippen LogP contribution in [0.1, 0.15) is 5.82 Å². The molecular weight excluding hydrogens is 289 g/mol. The van der Waals surface area contributed by atoms with Crippen LogP contribution in [0, 0.1) is 0 Å². The van der Waals surface area contributed by atoms with E-state index in [1.165, 1.54) is 0 Å². The van der Waals surface area contributed by atoms with E-state index in [1.807, 2.05) is 24.3 Å². The maximum Gasteiger partial charge on any atom is 0.141 e. The Morgan fingerprint density at radius 2 is 1.81 bits per heavy atom. The summed E-state index contributed by atoms with van der Waals surface area (Å²) >= 11 is 3.43. The minimum absolute atomic E-state index is 0. The van der Waals surface area contributed by atoms with Crippen LogP contribution in [-0.4, -0.2) is 9.97 Å². The molecule has 0 spiro atoms. The van der Waals surface area contributed by atoms with E-state index < -0.39 is 0 Å². The summed E-state index contributed by atoms with van der Waals surface area (Å²) in [6.07, 6.45) is 3.58. The van der Waals surface area contributed by atoms with E-state index in [4.69, 9.17) is 5.73 Å². The van der Waals surface area contributed by atoms with Crippen molar-refractivity contribution in [2.24, 2.45) is 5.73 Å². The lowest BCUT2D eigenvalue weighted by molar-refractivity contribution is 0.910. The number of benzene rings is 1. The second kappa shape index (κ2) is 5.94. The minimum atomic E-state index is 0. The monoisotopic (exact) mass is 299 g/mol. The summed E-state index contributed by atoms with van der Waals surface area (Å²) in [5, 5.41) is 0. The van der Waals surface area contributed by atoms with Crippen LogP contribution in [0.3, 0.4) is 0 Å². The van der Waals surface area contributed by atoms with Gasteiger partial charge < -0.3 is 5.73 Å². The SMILES string of the molecule is Cl.NCc1ncc(-c2cccc(Br)c2)cn1. The lowest BCUT2D eigenvalue weighted by Crippen LogP contribution is -2.02. The third kappa shape index (κ3) is 3.01. The summed E-state index contributed by atoms with van der Waals surface area (Å²) in [6, 6.07) is 8.02. The van der Waals surface area contributed by atoms with Crippen LogP contribution in [-0.2, 0) is 6.54 Å². The normalized spacial score (nSPS) is 9.62. The molecule has 2 rings (SSSR count). The number of halogens is 2. The molecule has 5 heteroatoms. The van der Waals surface area contributed by atoms with Crippen molar-refractivity contribution in [3.05, 3.63) is 47.0 Å². The van der Waals surface area contributed by atoms with Crippen LogP contribution in [0.5, 0.6) is 0 Å². The second-order valence-corrected chi connectivity index (χ2v) is 4.02. The smallest absolute Gasteiger partial charge is 0.141 e. The quantitative estimate of drug-likeness (QED) is 0.928. The molecule has 1 aromatic carbocycles. The first-order chi connectivity index (χ1) is 7.29. The van der Waals surface area contributed by atoms with E-state index in [9.17, 15) is 0 Å². The summed E-state index contributed by atoms with van der Waals surface area (Å²) in [6.45, 7) is 0.374. The molecule has 0 aliphatic rings. The van der Waals surface area contributed by atoms with Gasteiger partial charge in [0.15, 0.2) is 0 Å². The lowest BCUT2D eigenvalue weighted by atomic mass is 10.1. The fraction of sp³-hybridized carbons (Fsp3) is 0.0909. The van der Waals surface area contributed by atoms with E-state index in [0.29, 0.717) is 12.4 Å². The Hall–Kier alpha value is -0.970. The molecule has 0 atom stereocenters. The first-order valence-electron chi connectivity index (χ1n) is 4.56. The fourth-order valence-corrected chi connectivity index (χ4v) is 1.68. The van der Waals surface area contributed by atoms with Gasteiger partial charge in [0.25, 0.3) is 0 Å². The average molecular weight is 301 g/mol. The zero-order chi connectivity index (χ0) is 10.7. The standard InChI is InChI=1S/C11H10BrN3.ClH/c12-10-3-1-2-8(4-10)9-6-14-11(5-13)15-7-9;/h1-4,6-7H,5,13H2;1H. The molecule has 3 nitrogen and oxygen atoms in total. The van der Waals surface area contributed by atoms with Crippen molar-refractivity contribution in [2.45, 2.75) is 6.54 Å². The molecule has 2 aromatic rings. The van der Waals surface area contributed by atoms with Crippen LogP contribution in [0.15, 0.2) is 41.1 Å². The summed E-state index contributed by atoms with van der Waals surface area (Å²) in [7, 11) is 0. The van der Waals surface area contributed by atoms with E-state index in [-0.39, 0.29) is 12.4 Å². The molecule has 0 amide bonds. The van der Waals surface area contributed by atoms with E-state index in [1.54, 1.807) is 12.4 Å². The molecule has 1 aromatic heterocycles. The molecular formula is C11H11BrClN3. The van der Waals surface area contributed by atoms with Crippen molar-refractivity contribution in [3.63, 3.8) is 0 Å². The van der Waals surface area contributed by atoms with Crippen molar-refractivity contribution in [2.75, 3.05) is 0 Å². The molecule has 1 heterocycles. The molecule has 0 radical (unpaired) electrons. The molecule has 2 N–H and O–H groups in total. The van der Waals surface area contributed by atoms with Gasteiger partial charge in [-0.1, -0.05) is 28.1 Å². The highest BCUT2D eigenvalue weighted by molar-refractivity contribution is 9.10. The maximum atomic E-state index is 5.43. The predicted molar refractivity (Wildman–Crippen MR) is 70.3 cm³/mol. The van der Waals surface area contributed by atoms with Crippen molar-refractivity contribution in [3.8, 4) is 11.1 Å². The zero-order valence-corrected chi connectivity index (χ0v) is 10.8. The number of rotatable bonds is 2. The van der Waals surface area contributed by atoms with Crippen molar-refractivity contribution >= 4 is 28.3 Å². The van der Waals surface area contributed by atoms with Gasteiger partial charge in [-0.2, -0.15) is 0 Å². The Labute approximate surface area is 109 Å². The van der Waals surface area contributed by atoms with Crippen LogP contribution in [0.4, 0.5) is 0 Å². The Balaban J connectivity index is 0.00000128. The van der Waals surface area contributed by atoms with Gasteiger partial charge in [0, 0.05) is 22.4 Å². The number of hydrogen-bond acceptors (Lipinski definition) is 3. The number of hydrogen-bond donors (Lipinski definition) is 1. The van der Waals surface area contributed by atoms with Gasteiger partial charge in [-0.15, -0.1) is 12.4 Å². The van der Waals surface area contributed by atoms with Crippen molar-refractivity contribution in [1.29, 1.82) is 0 Å². The predicted octanol–water partition coefficient (Wildman–Crippen LogP) is 2.79. The molecule has 0 fully saturated rings. The van der Waals surface area contributed by atoms with Crippen LogP contribution >= 0.6 is 28.3 Å². The fourth-order valence-electron chi connectivity index (χ4n) is 1.28. The Bertz CT molecular complexity index is 459. The highest BCUT2D eigenvalue weighted by atomic mass is 79.9. The van der Waals surface area contributed by atoms with Gasteiger partial charge in [-0.05, 0) is 17.7 Å². The van der Waals surface area contributed by atoms with Gasteiger partial charge in [-0.25, -0.2) is 9.97 Å². The van der Waals surface area contributed by atoms with Crippen LogP contribution in [0.25, 0.3) is 11.1 Å². The topological polar surface area (TPSA) is 51.8 Å². The largest absolute Gasteiger partial charge is 0.324 e. The minimum Gasteiger partial charge on any atom is -0.324 e. The first-order valence-corrected chi connectivity index (χ1v) is 5.36. The Morgan fingerprint density at radius 1 is 1.12 bits per heavy atom. The third-order valence-corrected chi connectivity index (χ3v) is 2.54. The van der Waals surface area contributed by atoms with Gasteiger partial charge in [0.05, 0.1) is 6.54 Å². The Morgan fingerprint density at radius 3 is 2.38 bits per heavy atom. The highest BCUT2D eigenvalue weighted by Gasteiger charge is 1.99. The number of nitrogens with two attached hydrogens (primary N) is 1. The molecule has 0 unspecified atom stereocenters. The van der Waals surface area contributed by atoms with Gasteiger partial charge in [0.2, 0.25) is 0 Å². The molecule has 0 saturated heterocycles. The summed E-state index contributed by atoms with van der Waals surface area (Å²) in [5.74, 6) is 0.661. The molecule has 0 aliphatic carbocycles. The average Bonchev–Trinajstić information content (AvgIpc) is 2.29. The number of nitrogens with zero attached hydrogens (tertiary/aromatic N) is 2. The molecule has 84 valence electrons. The van der Waals surface area contributed by atoms with Crippen LogP contribution in [0.2, 0.25) is 0 Å². The molecule has 16 heavy (non-hydrogen) atoms.